The number of aliphatic carboxylic acids is 1. The zero-order valence-electron chi connectivity index (χ0n) is 16.1. The lowest BCUT2D eigenvalue weighted by atomic mass is 9.85. The number of carbonyl (C=O) groups is 1. The summed E-state index contributed by atoms with van der Waals surface area (Å²) in [6.45, 7) is 0. The summed E-state index contributed by atoms with van der Waals surface area (Å²) in [7, 11) is 0. The van der Waals surface area contributed by atoms with E-state index in [1.165, 1.54) is 42.5 Å². The van der Waals surface area contributed by atoms with Gasteiger partial charge in [-0.05, 0) is 47.0 Å². The second-order valence-corrected chi connectivity index (χ2v) is 7.37. The first-order chi connectivity index (χ1) is 14.9. The van der Waals surface area contributed by atoms with Crippen LogP contribution in [-0.4, -0.2) is 21.3 Å². The molecule has 6 heteroatoms. The molecule has 31 heavy (non-hydrogen) atoms. The van der Waals surface area contributed by atoms with E-state index in [1.807, 2.05) is 30.3 Å². The van der Waals surface area contributed by atoms with Gasteiger partial charge in [0.25, 0.3) is 0 Å². The second kappa shape index (κ2) is 6.88. The third-order valence-electron chi connectivity index (χ3n) is 5.49. The van der Waals surface area contributed by atoms with E-state index in [-0.39, 0.29) is 39.4 Å². The van der Waals surface area contributed by atoms with E-state index >= 15 is 0 Å². The minimum absolute atomic E-state index is 0.0337. The Bertz CT molecular complexity index is 1450. The first kappa shape index (κ1) is 18.7. The van der Waals surface area contributed by atoms with Crippen LogP contribution in [0.3, 0.4) is 0 Å². The van der Waals surface area contributed by atoms with Crippen LogP contribution in [0.1, 0.15) is 33.9 Å². The molecule has 1 aliphatic rings. The van der Waals surface area contributed by atoms with Crippen molar-refractivity contribution in [1.82, 2.24) is 0 Å². The van der Waals surface area contributed by atoms with Crippen LogP contribution in [0.4, 0.5) is 0 Å². The van der Waals surface area contributed by atoms with Crippen molar-refractivity contribution in [3.05, 3.63) is 105 Å². The highest BCUT2D eigenvalue weighted by molar-refractivity contribution is 6.21. The average molecular weight is 412 g/mol. The number of fused-ring (bicyclic) bond motifs is 3. The summed E-state index contributed by atoms with van der Waals surface area (Å²) in [4.78, 5) is 25.5. The van der Waals surface area contributed by atoms with Gasteiger partial charge >= 0.3 is 5.97 Å². The molecule has 0 amide bonds. The largest absolute Gasteiger partial charge is 0.508 e. The van der Waals surface area contributed by atoms with Gasteiger partial charge in [0.1, 0.15) is 22.8 Å². The van der Waals surface area contributed by atoms with Gasteiger partial charge in [0.15, 0.2) is 5.43 Å². The van der Waals surface area contributed by atoms with Crippen molar-refractivity contribution in [2.75, 3.05) is 0 Å². The summed E-state index contributed by atoms with van der Waals surface area (Å²) in [5, 5.41) is 30.2. The fourth-order valence-corrected chi connectivity index (χ4v) is 4.12. The molecule has 0 saturated carbocycles. The zero-order chi connectivity index (χ0) is 21.7. The van der Waals surface area contributed by atoms with Crippen molar-refractivity contribution >= 4 is 28.6 Å². The quantitative estimate of drug-likeness (QED) is 0.452. The van der Waals surface area contributed by atoms with Gasteiger partial charge < -0.3 is 19.7 Å². The fraction of sp³-hybridized carbons (Fsp3) is 0.0400. The van der Waals surface area contributed by atoms with Crippen LogP contribution >= 0.6 is 0 Å². The van der Waals surface area contributed by atoms with Crippen LogP contribution < -0.4 is 5.43 Å². The maximum absolute atomic E-state index is 13.4. The van der Waals surface area contributed by atoms with Gasteiger partial charge in [-0.15, -0.1) is 0 Å². The molecule has 6 nitrogen and oxygen atoms in total. The summed E-state index contributed by atoms with van der Waals surface area (Å²) in [6, 6.07) is 17.8. The number of hydrogen-bond acceptors (Lipinski definition) is 5. The maximum Gasteiger partial charge on any atom is 0.336 e. The van der Waals surface area contributed by atoms with Crippen molar-refractivity contribution in [1.29, 1.82) is 0 Å². The number of aromatic hydroxyl groups is 2. The molecule has 152 valence electrons. The molecule has 1 unspecified atom stereocenters. The van der Waals surface area contributed by atoms with E-state index in [9.17, 15) is 24.9 Å². The smallest absolute Gasteiger partial charge is 0.336 e. The first-order valence-corrected chi connectivity index (χ1v) is 9.57. The number of phenols is 2. The number of benzene rings is 3. The van der Waals surface area contributed by atoms with E-state index in [1.54, 1.807) is 0 Å². The molecular formula is C25H16O6. The summed E-state index contributed by atoms with van der Waals surface area (Å²) in [5.41, 5.74) is 1.50. The Hall–Kier alpha value is -4.32. The Balaban J connectivity index is 1.97. The van der Waals surface area contributed by atoms with Crippen LogP contribution in [0.5, 0.6) is 11.5 Å². The molecule has 0 spiro atoms. The lowest BCUT2D eigenvalue weighted by molar-refractivity contribution is -0.130. The fourth-order valence-electron chi connectivity index (χ4n) is 4.12. The van der Waals surface area contributed by atoms with E-state index in [2.05, 4.69) is 0 Å². The van der Waals surface area contributed by atoms with Crippen LogP contribution in [0.15, 0.2) is 75.9 Å². The highest BCUT2D eigenvalue weighted by Crippen LogP contribution is 2.43. The molecular weight excluding hydrogens is 396 g/mol. The lowest BCUT2D eigenvalue weighted by Crippen LogP contribution is -2.13. The normalized spacial score (nSPS) is 15.0. The van der Waals surface area contributed by atoms with Crippen molar-refractivity contribution in [3.8, 4) is 11.5 Å². The number of rotatable bonds is 2. The van der Waals surface area contributed by atoms with E-state index in [0.29, 0.717) is 11.1 Å². The molecule has 0 bridgehead atoms. The van der Waals surface area contributed by atoms with Crippen molar-refractivity contribution in [2.45, 2.75) is 5.92 Å². The molecule has 1 atom stereocenters. The predicted molar refractivity (Wildman–Crippen MR) is 115 cm³/mol. The first-order valence-electron chi connectivity index (χ1n) is 9.57. The number of carboxylic acid groups (broad SMARTS) is 1. The minimum Gasteiger partial charge on any atom is -0.508 e. The lowest BCUT2D eigenvalue weighted by Gasteiger charge is -2.20. The minimum atomic E-state index is -1.20. The number of phenolic OH excluding ortho intramolecular Hbond substituents is 2. The van der Waals surface area contributed by atoms with Gasteiger partial charge in [0, 0.05) is 6.07 Å². The second-order valence-electron chi connectivity index (χ2n) is 7.37. The molecule has 1 aliphatic carbocycles. The van der Waals surface area contributed by atoms with Crippen LogP contribution in [0.2, 0.25) is 0 Å². The third-order valence-corrected chi connectivity index (χ3v) is 5.49. The summed E-state index contributed by atoms with van der Waals surface area (Å²) >= 11 is 0. The maximum atomic E-state index is 13.4. The monoisotopic (exact) mass is 412 g/mol. The average Bonchev–Trinajstić information content (AvgIpc) is 2.88. The molecule has 0 radical (unpaired) electrons. The van der Waals surface area contributed by atoms with Gasteiger partial charge in [0.2, 0.25) is 0 Å². The van der Waals surface area contributed by atoms with Crippen LogP contribution in [-0.2, 0) is 4.79 Å². The van der Waals surface area contributed by atoms with Gasteiger partial charge in [-0.3, -0.25) is 4.79 Å². The Labute approximate surface area is 176 Å². The Morgan fingerprint density at radius 2 is 1.61 bits per heavy atom. The standard InChI is InChI=1S/C25H16O6/c26-14-6-8-16-18(10-14)22(13-4-2-1-3-5-13)24-20(12-19(16)25(29)30)23(28)17-9-7-15(27)11-21(17)31-24/h1-12,22,26-27H,(H,29,30). The highest BCUT2D eigenvalue weighted by atomic mass is 16.4. The Kier molecular flexibility index (Phi) is 4.15. The molecule has 3 N–H and O–H groups in total. The summed E-state index contributed by atoms with van der Waals surface area (Å²) in [6.07, 6.45) is 1.33. The molecule has 0 aliphatic heterocycles. The van der Waals surface area contributed by atoms with Gasteiger partial charge in [-0.2, -0.15) is 0 Å². The van der Waals surface area contributed by atoms with E-state index < -0.39 is 17.3 Å². The molecule has 4 aromatic rings. The number of carboxylic acids is 1. The highest BCUT2D eigenvalue weighted by Gasteiger charge is 2.32. The SMILES string of the molecule is O=C(O)C1=Cc2c(oc3cc(O)ccc3c2=O)C(c2ccccc2)c2cc(O)ccc21. The predicted octanol–water partition coefficient (Wildman–Crippen LogP) is 4.32. The van der Waals surface area contributed by atoms with Crippen LogP contribution in [0, 0.1) is 0 Å². The number of hydrogen-bond donors (Lipinski definition) is 3. The summed E-state index contributed by atoms with van der Waals surface area (Å²) < 4.78 is 6.14. The Morgan fingerprint density at radius 1 is 0.903 bits per heavy atom. The van der Waals surface area contributed by atoms with Crippen molar-refractivity contribution in [2.24, 2.45) is 0 Å². The Morgan fingerprint density at radius 3 is 2.35 bits per heavy atom. The molecule has 1 heterocycles. The molecule has 0 saturated heterocycles. The molecule has 3 aromatic carbocycles. The summed E-state index contributed by atoms with van der Waals surface area (Å²) in [5.74, 6) is -1.69. The van der Waals surface area contributed by atoms with Gasteiger partial charge in [0.05, 0.1) is 22.4 Å². The van der Waals surface area contributed by atoms with E-state index in [4.69, 9.17) is 4.42 Å². The van der Waals surface area contributed by atoms with Gasteiger partial charge in [-0.25, -0.2) is 4.79 Å². The van der Waals surface area contributed by atoms with Crippen molar-refractivity contribution < 1.29 is 24.5 Å². The van der Waals surface area contributed by atoms with Crippen LogP contribution in [0.25, 0.3) is 22.6 Å². The third kappa shape index (κ3) is 2.97. The topological polar surface area (TPSA) is 108 Å². The van der Waals surface area contributed by atoms with E-state index in [0.717, 1.165) is 5.56 Å². The molecule has 1 aromatic heterocycles. The molecule has 0 fully saturated rings. The zero-order valence-corrected chi connectivity index (χ0v) is 16.1. The molecule has 5 rings (SSSR count). The van der Waals surface area contributed by atoms with Crippen molar-refractivity contribution in [3.63, 3.8) is 0 Å². The van der Waals surface area contributed by atoms with Gasteiger partial charge in [-0.1, -0.05) is 36.4 Å².